The third-order valence-electron chi connectivity index (χ3n) is 4.42. The third kappa shape index (κ3) is 6.31. The van der Waals surface area contributed by atoms with Gasteiger partial charge in [-0.1, -0.05) is 6.07 Å². The molecule has 0 saturated carbocycles. The Morgan fingerprint density at radius 1 is 1.10 bits per heavy atom. The molecule has 2 rings (SSSR count). The van der Waals surface area contributed by atoms with Crippen LogP contribution in [-0.2, 0) is 19.7 Å². The molecule has 29 heavy (non-hydrogen) atoms. The van der Waals surface area contributed by atoms with Gasteiger partial charge in [0.25, 0.3) is 0 Å². The summed E-state index contributed by atoms with van der Waals surface area (Å²) >= 11 is 0. The van der Waals surface area contributed by atoms with Crippen molar-refractivity contribution in [3.05, 3.63) is 48.0 Å². The molecule has 0 amide bonds. The van der Waals surface area contributed by atoms with Gasteiger partial charge >= 0.3 is 10.2 Å². The molecule has 0 bridgehead atoms. The zero-order valence-electron chi connectivity index (χ0n) is 17.2. The van der Waals surface area contributed by atoms with Crippen molar-refractivity contribution in [1.29, 1.82) is 0 Å². The van der Waals surface area contributed by atoms with E-state index in [1.165, 1.54) is 12.1 Å². The van der Waals surface area contributed by atoms with Crippen molar-refractivity contribution in [2.45, 2.75) is 45.1 Å². The second-order valence-electron chi connectivity index (χ2n) is 6.43. The summed E-state index contributed by atoms with van der Waals surface area (Å²) in [6.45, 7) is 8.29. The van der Waals surface area contributed by atoms with E-state index >= 15 is 0 Å². The predicted octanol–water partition coefficient (Wildman–Crippen LogP) is 5.25. The second-order valence-corrected chi connectivity index (χ2v) is 7.77. The highest BCUT2D eigenvalue weighted by molar-refractivity contribution is 7.86. The molecule has 0 saturated heterocycles. The fourth-order valence-electron chi connectivity index (χ4n) is 2.73. The van der Waals surface area contributed by atoms with E-state index in [1.807, 2.05) is 32.9 Å². The normalized spacial score (nSPS) is 14.1. The highest BCUT2D eigenvalue weighted by Gasteiger charge is 2.16. The average molecular weight is 424 g/mol. The van der Waals surface area contributed by atoms with E-state index < -0.39 is 15.1 Å². The summed E-state index contributed by atoms with van der Waals surface area (Å²) in [6, 6.07) is 11.2. The largest absolute Gasteiger partial charge is 0.356 e. The lowest BCUT2D eigenvalue weighted by molar-refractivity contribution is -0.138. The number of anilines is 1. The van der Waals surface area contributed by atoms with Crippen LogP contribution in [0, 0.1) is 6.92 Å². The van der Waals surface area contributed by atoms with Gasteiger partial charge in [-0.2, -0.15) is 18.6 Å². The Kier molecular flexibility index (Phi) is 7.83. The molecule has 0 aliphatic carbocycles. The minimum atomic E-state index is -4.79. The van der Waals surface area contributed by atoms with Crippen molar-refractivity contribution in [3.63, 3.8) is 0 Å². The number of azo groups is 1. The van der Waals surface area contributed by atoms with Crippen molar-refractivity contribution in [1.82, 2.24) is 0 Å². The number of methoxy groups -OCH3 is 1. The molecule has 0 aromatic heterocycles. The number of benzene rings is 2. The number of ether oxygens (including phenoxy) is 2. The smallest absolute Gasteiger partial charge is 0.332 e. The first-order valence-electron chi connectivity index (χ1n) is 9.17. The van der Waals surface area contributed by atoms with Crippen LogP contribution in [0.1, 0.15) is 26.3 Å². The summed E-state index contributed by atoms with van der Waals surface area (Å²) in [4.78, 5) is 1.63. The van der Waals surface area contributed by atoms with Crippen molar-refractivity contribution < 1.29 is 21.8 Å². The van der Waals surface area contributed by atoms with E-state index in [1.54, 1.807) is 26.2 Å². The molecule has 0 N–H and O–H groups in total. The summed E-state index contributed by atoms with van der Waals surface area (Å²) in [5.74, 6) is 0. The molecule has 2 aromatic carbocycles. The molecule has 9 heteroatoms. The topological polar surface area (TPSA) is 80.6 Å². The van der Waals surface area contributed by atoms with Gasteiger partial charge < -0.3 is 14.4 Å². The molecular weight excluding hydrogens is 397 g/mol. The number of hydrogen-bond donors (Lipinski definition) is 0. The second kappa shape index (κ2) is 9.91. The minimum Gasteiger partial charge on any atom is -0.356 e. The number of hydrogen-bond acceptors (Lipinski definition) is 7. The maximum atomic E-state index is 13.2. The van der Waals surface area contributed by atoms with Crippen LogP contribution >= 0.6 is 0 Å². The third-order valence-corrected chi connectivity index (χ3v) is 5.23. The molecular formula is C20H26FN3O4S. The van der Waals surface area contributed by atoms with Crippen molar-refractivity contribution >= 4 is 27.3 Å². The Morgan fingerprint density at radius 3 is 2.31 bits per heavy atom. The van der Waals surface area contributed by atoms with Crippen LogP contribution in [0.4, 0.5) is 20.9 Å². The Hall–Kier alpha value is -2.36. The Morgan fingerprint density at radius 2 is 1.76 bits per heavy atom. The van der Waals surface area contributed by atoms with Crippen LogP contribution in [0.2, 0.25) is 0 Å². The summed E-state index contributed by atoms with van der Waals surface area (Å²) in [5.41, 5.74) is 2.51. The quantitative estimate of drug-likeness (QED) is 0.313. The van der Waals surface area contributed by atoms with Crippen LogP contribution in [0.3, 0.4) is 0 Å². The first-order chi connectivity index (χ1) is 13.7. The molecule has 0 heterocycles. The van der Waals surface area contributed by atoms with Crippen molar-refractivity contribution in [2.24, 2.45) is 10.2 Å². The molecule has 158 valence electrons. The molecule has 0 spiro atoms. The lowest BCUT2D eigenvalue weighted by Gasteiger charge is -2.31. The zero-order chi connectivity index (χ0) is 21.6. The summed E-state index contributed by atoms with van der Waals surface area (Å²) in [5, 5.41) is 8.20. The highest BCUT2D eigenvalue weighted by Crippen LogP contribution is 2.27. The number of rotatable bonds is 9. The van der Waals surface area contributed by atoms with Gasteiger partial charge in [0, 0.05) is 19.3 Å². The maximum absolute atomic E-state index is 13.2. The van der Waals surface area contributed by atoms with Crippen LogP contribution in [0.5, 0.6) is 0 Å². The van der Waals surface area contributed by atoms with Crippen LogP contribution in [-0.4, -0.2) is 34.6 Å². The predicted molar refractivity (Wildman–Crippen MR) is 110 cm³/mol. The van der Waals surface area contributed by atoms with Gasteiger partial charge in [-0.15, -0.1) is 3.89 Å². The summed E-state index contributed by atoms with van der Waals surface area (Å²) in [7, 11) is -3.20. The summed E-state index contributed by atoms with van der Waals surface area (Å²) in [6.07, 6.45) is -0.505. The van der Waals surface area contributed by atoms with E-state index in [-0.39, 0.29) is 12.5 Å². The van der Waals surface area contributed by atoms with Gasteiger partial charge in [0.15, 0.2) is 6.29 Å². The highest BCUT2D eigenvalue weighted by atomic mass is 32.3. The lowest BCUT2D eigenvalue weighted by Crippen LogP contribution is -2.37. The van der Waals surface area contributed by atoms with Crippen LogP contribution in [0.15, 0.2) is 57.6 Å². The maximum Gasteiger partial charge on any atom is 0.332 e. The number of aryl methyl sites for hydroxylation is 1. The SMILES string of the molecule is CCN(c1ccc(N=Nc2cc(S(=O)(=O)F)ccc2C)cc1)C(C)OC(C)OC. The van der Waals surface area contributed by atoms with Gasteiger partial charge in [0.1, 0.15) is 11.1 Å². The standard InChI is InChI=1S/C20H26FN3O4S/c1-6-24(15(3)28-16(4)27-5)18-10-8-17(9-11-18)22-23-20-13-19(29(21,25)26)12-7-14(20)2/h7-13,15-16H,6H2,1-5H3. The molecule has 0 aliphatic heterocycles. The van der Waals surface area contributed by atoms with E-state index in [9.17, 15) is 12.3 Å². The first-order valence-corrected chi connectivity index (χ1v) is 10.6. The molecule has 2 aromatic rings. The Balaban J connectivity index is 2.18. The van der Waals surface area contributed by atoms with E-state index in [0.29, 0.717) is 16.9 Å². The molecule has 0 fully saturated rings. The first kappa shape index (κ1) is 22.9. The Labute approximate surface area is 171 Å². The van der Waals surface area contributed by atoms with Gasteiger partial charge in [-0.05, 0) is 69.7 Å². The van der Waals surface area contributed by atoms with Crippen molar-refractivity contribution in [2.75, 3.05) is 18.6 Å². The van der Waals surface area contributed by atoms with Crippen LogP contribution in [0.25, 0.3) is 0 Å². The zero-order valence-corrected chi connectivity index (χ0v) is 18.0. The minimum absolute atomic E-state index is 0.185. The molecule has 2 unspecified atom stereocenters. The lowest BCUT2D eigenvalue weighted by atomic mass is 10.2. The fraction of sp³-hybridized carbons (Fsp3) is 0.400. The van der Waals surface area contributed by atoms with Gasteiger partial charge in [0.2, 0.25) is 0 Å². The van der Waals surface area contributed by atoms with Gasteiger partial charge in [-0.3, -0.25) is 0 Å². The van der Waals surface area contributed by atoms with E-state index in [2.05, 4.69) is 15.1 Å². The van der Waals surface area contributed by atoms with E-state index in [0.717, 1.165) is 18.3 Å². The fourth-order valence-corrected chi connectivity index (χ4v) is 3.21. The monoisotopic (exact) mass is 423 g/mol. The molecule has 2 atom stereocenters. The van der Waals surface area contributed by atoms with Crippen molar-refractivity contribution in [3.8, 4) is 0 Å². The molecule has 0 aliphatic rings. The number of halogens is 1. The number of nitrogens with zero attached hydrogens (tertiary/aromatic N) is 3. The average Bonchev–Trinajstić information content (AvgIpc) is 2.67. The molecule has 0 radical (unpaired) electrons. The Bertz CT molecular complexity index is 949. The van der Waals surface area contributed by atoms with E-state index in [4.69, 9.17) is 9.47 Å². The van der Waals surface area contributed by atoms with Crippen LogP contribution < -0.4 is 4.90 Å². The molecule has 7 nitrogen and oxygen atoms in total. The summed E-state index contributed by atoms with van der Waals surface area (Å²) < 4.78 is 46.3. The van der Waals surface area contributed by atoms with Gasteiger partial charge in [-0.25, -0.2) is 0 Å². The van der Waals surface area contributed by atoms with Gasteiger partial charge in [0.05, 0.1) is 11.4 Å².